The van der Waals surface area contributed by atoms with Gasteiger partial charge in [0.1, 0.15) is 0 Å². The molecule has 0 unspecified atom stereocenters. The van der Waals surface area contributed by atoms with Gasteiger partial charge in [0.25, 0.3) is 0 Å². The van der Waals surface area contributed by atoms with E-state index in [2.05, 4.69) is 17.3 Å². The predicted molar refractivity (Wildman–Crippen MR) is 56.5 cm³/mol. The molecule has 2 aliphatic rings. The predicted octanol–water partition coefficient (Wildman–Crippen LogP) is 1.14. The van der Waals surface area contributed by atoms with Gasteiger partial charge in [0.2, 0.25) is 0 Å². The molecule has 2 fully saturated rings. The van der Waals surface area contributed by atoms with Crippen LogP contribution in [0.15, 0.2) is 0 Å². The van der Waals surface area contributed by atoms with Crippen LogP contribution in [-0.4, -0.2) is 37.6 Å². The lowest BCUT2D eigenvalue weighted by Crippen LogP contribution is -2.44. The molecule has 4 heteroatoms. The molecule has 0 radical (unpaired) electrons. The van der Waals surface area contributed by atoms with E-state index in [1.807, 2.05) is 0 Å². The number of likely N-dealkylation sites (N-methyl/N-ethyl adjacent to an activating group) is 1. The van der Waals surface area contributed by atoms with Crippen molar-refractivity contribution in [1.82, 2.24) is 10.2 Å². The Labute approximate surface area is 86.9 Å². The molecule has 0 aromatic carbocycles. The van der Waals surface area contributed by atoms with E-state index >= 15 is 0 Å². The van der Waals surface area contributed by atoms with E-state index in [4.69, 9.17) is 0 Å². The van der Waals surface area contributed by atoms with Crippen molar-refractivity contribution in [3.05, 3.63) is 0 Å². The van der Waals surface area contributed by atoms with E-state index in [1.165, 1.54) is 32.5 Å². The minimum absolute atomic E-state index is 0. The number of fused-ring (bicyclic) bond motifs is 1. The summed E-state index contributed by atoms with van der Waals surface area (Å²) in [5.41, 5.74) is 0. The van der Waals surface area contributed by atoms with E-state index in [0.29, 0.717) is 0 Å². The van der Waals surface area contributed by atoms with Gasteiger partial charge in [-0.05, 0) is 38.9 Å². The van der Waals surface area contributed by atoms with E-state index in [0.717, 1.165) is 12.0 Å². The summed E-state index contributed by atoms with van der Waals surface area (Å²) in [6.07, 6.45) is 2.83. The van der Waals surface area contributed by atoms with Gasteiger partial charge in [-0.25, -0.2) is 0 Å². The zero-order valence-corrected chi connectivity index (χ0v) is 9.09. The minimum Gasteiger partial charge on any atom is -0.312 e. The largest absolute Gasteiger partial charge is 0.312 e. The van der Waals surface area contributed by atoms with E-state index < -0.39 is 0 Å². The Morgan fingerprint density at radius 1 is 1.25 bits per heavy atom. The Morgan fingerprint density at radius 3 is 2.75 bits per heavy atom. The first-order chi connectivity index (χ1) is 4.86. The van der Waals surface area contributed by atoms with E-state index in [1.54, 1.807) is 0 Å². The Bertz CT molecular complexity index is 132. The van der Waals surface area contributed by atoms with Gasteiger partial charge in [-0.3, -0.25) is 0 Å². The molecule has 2 rings (SSSR count). The fourth-order valence-corrected chi connectivity index (χ4v) is 2.19. The van der Waals surface area contributed by atoms with Crippen LogP contribution in [0.5, 0.6) is 0 Å². The molecule has 0 aromatic rings. The van der Waals surface area contributed by atoms with Crippen molar-refractivity contribution in [2.75, 3.05) is 26.7 Å². The molecule has 1 N–H and O–H groups in total. The van der Waals surface area contributed by atoms with Gasteiger partial charge < -0.3 is 10.2 Å². The first-order valence-corrected chi connectivity index (χ1v) is 4.28. The highest BCUT2D eigenvalue weighted by Gasteiger charge is 2.30. The van der Waals surface area contributed by atoms with Crippen molar-refractivity contribution in [2.24, 2.45) is 5.92 Å². The first kappa shape index (κ1) is 12.5. The Kier molecular flexibility index (Phi) is 5.50. The summed E-state index contributed by atoms with van der Waals surface area (Å²) >= 11 is 0. The average molecular weight is 213 g/mol. The molecule has 2 heterocycles. The third kappa shape index (κ3) is 2.49. The van der Waals surface area contributed by atoms with Crippen molar-refractivity contribution < 1.29 is 0 Å². The van der Waals surface area contributed by atoms with Crippen LogP contribution in [0.1, 0.15) is 12.8 Å². The fourth-order valence-electron chi connectivity index (χ4n) is 2.19. The second kappa shape index (κ2) is 5.28. The summed E-state index contributed by atoms with van der Waals surface area (Å²) in [7, 11) is 2.22. The van der Waals surface area contributed by atoms with Crippen LogP contribution < -0.4 is 5.32 Å². The number of piperidine rings is 1. The van der Waals surface area contributed by atoms with Gasteiger partial charge in [-0.15, -0.1) is 24.8 Å². The Hall–Kier alpha value is 0.500. The van der Waals surface area contributed by atoms with Crippen LogP contribution in [-0.2, 0) is 0 Å². The van der Waals surface area contributed by atoms with Crippen molar-refractivity contribution in [3.8, 4) is 0 Å². The lowest BCUT2D eigenvalue weighted by molar-refractivity contribution is 0.198. The normalized spacial score (nSPS) is 34.8. The molecule has 0 spiro atoms. The fraction of sp³-hybridized carbons (Fsp3) is 1.00. The number of nitrogens with zero attached hydrogens (tertiary/aromatic N) is 1. The summed E-state index contributed by atoms with van der Waals surface area (Å²) in [5.74, 6) is 0.996. The van der Waals surface area contributed by atoms with Crippen LogP contribution in [0, 0.1) is 5.92 Å². The maximum Gasteiger partial charge on any atom is 0.0224 e. The number of rotatable bonds is 0. The highest BCUT2D eigenvalue weighted by molar-refractivity contribution is 5.85. The zero-order valence-electron chi connectivity index (χ0n) is 7.45. The molecule has 12 heavy (non-hydrogen) atoms. The third-order valence-electron chi connectivity index (χ3n) is 2.88. The molecule has 2 atom stereocenters. The Balaban J connectivity index is 0.000000605. The molecule has 2 saturated heterocycles. The quantitative estimate of drug-likeness (QED) is 0.649. The molecule has 0 bridgehead atoms. The smallest absolute Gasteiger partial charge is 0.0224 e. The maximum absolute atomic E-state index is 3.55. The zero-order chi connectivity index (χ0) is 6.97. The standard InChI is InChI=1S/C8H16N2.2ClH/c1-10-5-3-7-2-4-9-8(7)6-10;;/h7-9H,2-6H2,1H3;2*1H/t7-,8+;;/m1../s1. The van der Waals surface area contributed by atoms with Crippen LogP contribution >= 0.6 is 24.8 Å². The van der Waals surface area contributed by atoms with Crippen molar-refractivity contribution in [1.29, 1.82) is 0 Å². The van der Waals surface area contributed by atoms with Crippen LogP contribution in [0.25, 0.3) is 0 Å². The van der Waals surface area contributed by atoms with Gasteiger partial charge in [-0.1, -0.05) is 0 Å². The summed E-state index contributed by atoms with van der Waals surface area (Å²) < 4.78 is 0. The van der Waals surface area contributed by atoms with Gasteiger partial charge in [0.15, 0.2) is 0 Å². The molecule has 74 valence electrons. The highest BCUT2D eigenvalue weighted by Crippen LogP contribution is 2.23. The summed E-state index contributed by atoms with van der Waals surface area (Å²) in [5, 5.41) is 3.55. The summed E-state index contributed by atoms with van der Waals surface area (Å²) in [4.78, 5) is 2.43. The lowest BCUT2D eigenvalue weighted by Gasteiger charge is -2.31. The Morgan fingerprint density at radius 2 is 2.00 bits per heavy atom. The number of halogens is 2. The summed E-state index contributed by atoms with van der Waals surface area (Å²) in [6.45, 7) is 3.83. The molecule has 0 saturated carbocycles. The molecular weight excluding hydrogens is 195 g/mol. The minimum atomic E-state index is 0. The molecule has 2 aliphatic heterocycles. The van der Waals surface area contributed by atoms with E-state index in [-0.39, 0.29) is 24.8 Å². The maximum atomic E-state index is 3.55. The van der Waals surface area contributed by atoms with Crippen molar-refractivity contribution in [2.45, 2.75) is 18.9 Å². The molecular formula is C8H18Cl2N2. The molecule has 0 amide bonds. The molecule has 0 aliphatic carbocycles. The first-order valence-electron chi connectivity index (χ1n) is 4.28. The van der Waals surface area contributed by atoms with Crippen LogP contribution in [0.2, 0.25) is 0 Å². The van der Waals surface area contributed by atoms with Gasteiger partial charge in [-0.2, -0.15) is 0 Å². The third-order valence-corrected chi connectivity index (χ3v) is 2.88. The number of hydrogen-bond donors (Lipinski definition) is 1. The van der Waals surface area contributed by atoms with Gasteiger partial charge in [0, 0.05) is 12.6 Å². The van der Waals surface area contributed by atoms with Crippen LogP contribution in [0.4, 0.5) is 0 Å². The number of likely N-dealkylation sites (tertiary alicyclic amines) is 1. The van der Waals surface area contributed by atoms with Crippen molar-refractivity contribution >= 4 is 24.8 Å². The van der Waals surface area contributed by atoms with Crippen molar-refractivity contribution in [3.63, 3.8) is 0 Å². The van der Waals surface area contributed by atoms with Gasteiger partial charge in [0.05, 0.1) is 0 Å². The second-order valence-corrected chi connectivity index (χ2v) is 3.66. The monoisotopic (exact) mass is 212 g/mol. The molecule has 2 nitrogen and oxygen atoms in total. The number of hydrogen-bond acceptors (Lipinski definition) is 2. The second-order valence-electron chi connectivity index (χ2n) is 3.66. The van der Waals surface area contributed by atoms with E-state index in [9.17, 15) is 0 Å². The molecule has 0 aromatic heterocycles. The SMILES string of the molecule is CN1CC[C@H]2CCN[C@H]2C1.Cl.Cl. The lowest BCUT2D eigenvalue weighted by atomic mass is 9.93. The average Bonchev–Trinajstić information content (AvgIpc) is 2.33. The van der Waals surface area contributed by atoms with Crippen LogP contribution in [0.3, 0.4) is 0 Å². The topological polar surface area (TPSA) is 15.3 Å². The highest BCUT2D eigenvalue weighted by atomic mass is 35.5. The summed E-state index contributed by atoms with van der Waals surface area (Å²) in [6, 6.07) is 0.818. The van der Waals surface area contributed by atoms with Gasteiger partial charge >= 0.3 is 0 Å². The number of nitrogens with one attached hydrogen (secondary N) is 1.